The Morgan fingerprint density at radius 3 is 2.44 bits per heavy atom. The molecule has 0 saturated carbocycles. The van der Waals surface area contributed by atoms with Crippen molar-refractivity contribution in [2.45, 2.75) is 64.5 Å². The number of hydrogen-bond acceptors (Lipinski definition) is 3. The molecule has 4 nitrogen and oxygen atoms in total. The molecule has 1 saturated heterocycles. The fourth-order valence-corrected chi connectivity index (χ4v) is 4.37. The highest BCUT2D eigenvalue weighted by molar-refractivity contribution is 9.10. The first-order chi connectivity index (χ1) is 11.6. The van der Waals surface area contributed by atoms with Crippen LogP contribution in [0.3, 0.4) is 0 Å². The van der Waals surface area contributed by atoms with Crippen LogP contribution >= 0.6 is 15.9 Å². The standard InChI is InChI=1S/C20H29BrN2O2/c1-14(2)23-13-20(16-12-15(21)6-7-17(16)23)8-10-22(11-9-20)18(24)25-19(3,4)5/h6-7,12,14H,8-11,13H2,1-5H3. The van der Waals surface area contributed by atoms with Crippen LogP contribution in [0.5, 0.6) is 0 Å². The number of amides is 1. The summed E-state index contributed by atoms with van der Waals surface area (Å²) in [7, 11) is 0. The molecule has 25 heavy (non-hydrogen) atoms. The van der Waals surface area contributed by atoms with Crippen molar-refractivity contribution in [2.24, 2.45) is 0 Å². The minimum atomic E-state index is -0.439. The lowest BCUT2D eigenvalue weighted by molar-refractivity contribution is 0.0170. The summed E-state index contributed by atoms with van der Waals surface area (Å²) in [6.45, 7) is 12.8. The molecule has 0 radical (unpaired) electrons. The van der Waals surface area contributed by atoms with E-state index < -0.39 is 5.60 Å². The molecule has 1 amide bonds. The van der Waals surface area contributed by atoms with E-state index in [9.17, 15) is 4.79 Å². The Morgan fingerprint density at radius 2 is 1.88 bits per heavy atom. The quantitative estimate of drug-likeness (QED) is 0.658. The van der Waals surface area contributed by atoms with Crippen LogP contribution in [0.4, 0.5) is 10.5 Å². The van der Waals surface area contributed by atoms with Gasteiger partial charge in [0.15, 0.2) is 0 Å². The van der Waals surface area contributed by atoms with Gasteiger partial charge in [0.2, 0.25) is 0 Å². The number of benzene rings is 1. The predicted molar refractivity (Wildman–Crippen MR) is 105 cm³/mol. The molecule has 1 spiro atoms. The number of carbonyl (C=O) groups is 1. The molecule has 138 valence electrons. The summed E-state index contributed by atoms with van der Waals surface area (Å²) in [6, 6.07) is 7.11. The smallest absolute Gasteiger partial charge is 0.410 e. The van der Waals surface area contributed by atoms with Crippen molar-refractivity contribution in [3.63, 3.8) is 0 Å². The van der Waals surface area contributed by atoms with Crippen LogP contribution in [0, 0.1) is 0 Å². The van der Waals surface area contributed by atoms with Gasteiger partial charge in [0.05, 0.1) is 0 Å². The Bertz CT molecular complexity index is 658. The molecule has 5 heteroatoms. The molecular weight excluding hydrogens is 380 g/mol. The van der Waals surface area contributed by atoms with Gasteiger partial charge in [0, 0.05) is 41.3 Å². The van der Waals surface area contributed by atoms with Crippen molar-refractivity contribution in [3.8, 4) is 0 Å². The van der Waals surface area contributed by atoms with Gasteiger partial charge in [-0.1, -0.05) is 15.9 Å². The number of nitrogens with zero attached hydrogens (tertiary/aromatic N) is 2. The summed E-state index contributed by atoms with van der Waals surface area (Å²) in [4.78, 5) is 16.7. The molecule has 0 aliphatic carbocycles. The molecule has 1 aromatic rings. The zero-order chi connectivity index (χ0) is 18.4. The minimum Gasteiger partial charge on any atom is -0.444 e. The van der Waals surface area contributed by atoms with Gasteiger partial charge < -0.3 is 14.5 Å². The lowest BCUT2D eigenvalue weighted by atomic mass is 9.74. The maximum absolute atomic E-state index is 12.4. The Labute approximate surface area is 159 Å². The highest BCUT2D eigenvalue weighted by atomic mass is 79.9. The Morgan fingerprint density at radius 1 is 1.24 bits per heavy atom. The fraction of sp³-hybridized carbons (Fsp3) is 0.650. The molecule has 1 aromatic carbocycles. The second kappa shape index (κ2) is 6.49. The van der Waals surface area contributed by atoms with E-state index in [1.54, 1.807) is 0 Å². The van der Waals surface area contributed by atoms with Gasteiger partial charge >= 0.3 is 6.09 Å². The molecule has 0 bridgehead atoms. The molecule has 3 rings (SSSR count). The number of likely N-dealkylation sites (tertiary alicyclic amines) is 1. The topological polar surface area (TPSA) is 32.8 Å². The molecule has 0 atom stereocenters. The van der Waals surface area contributed by atoms with Gasteiger partial charge in [-0.3, -0.25) is 0 Å². The average Bonchev–Trinajstić information content (AvgIpc) is 2.81. The van der Waals surface area contributed by atoms with Gasteiger partial charge in [-0.15, -0.1) is 0 Å². The molecule has 2 heterocycles. The van der Waals surface area contributed by atoms with Gasteiger partial charge in [-0.05, 0) is 71.2 Å². The van der Waals surface area contributed by atoms with Crippen LogP contribution in [0.25, 0.3) is 0 Å². The summed E-state index contributed by atoms with van der Waals surface area (Å²) in [5.74, 6) is 0. The molecule has 2 aliphatic rings. The number of halogens is 1. The van der Waals surface area contributed by atoms with Crippen LogP contribution < -0.4 is 4.90 Å². The number of hydrogen-bond donors (Lipinski definition) is 0. The average molecular weight is 409 g/mol. The normalized spacial score (nSPS) is 19.5. The number of fused-ring (bicyclic) bond motifs is 2. The van der Waals surface area contributed by atoms with E-state index in [4.69, 9.17) is 4.74 Å². The van der Waals surface area contributed by atoms with Crippen LogP contribution in [-0.2, 0) is 10.2 Å². The first-order valence-corrected chi connectivity index (χ1v) is 9.95. The molecular formula is C20H29BrN2O2. The molecule has 2 aliphatic heterocycles. The summed E-state index contributed by atoms with van der Waals surface area (Å²) in [5.41, 5.74) is 2.48. The van der Waals surface area contributed by atoms with Crippen molar-refractivity contribution in [2.75, 3.05) is 24.5 Å². The van der Waals surface area contributed by atoms with E-state index in [2.05, 4.69) is 52.9 Å². The monoisotopic (exact) mass is 408 g/mol. The maximum atomic E-state index is 12.4. The number of piperidine rings is 1. The lowest BCUT2D eigenvalue weighted by Crippen LogP contribution is -2.49. The number of ether oxygens (including phenoxy) is 1. The molecule has 0 aromatic heterocycles. The van der Waals surface area contributed by atoms with E-state index >= 15 is 0 Å². The van der Waals surface area contributed by atoms with Crippen LogP contribution in [0.1, 0.15) is 53.0 Å². The van der Waals surface area contributed by atoms with Crippen molar-refractivity contribution in [1.82, 2.24) is 4.90 Å². The summed E-state index contributed by atoms with van der Waals surface area (Å²) in [6.07, 6.45) is 1.79. The predicted octanol–water partition coefficient (Wildman–Crippen LogP) is 4.95. The fourth-order valence-electron chi connectivity index (χ4n) is 4.01. The van der Waals surface area contributed by atoms with Gasteiger partial charge in [0.25, 0.3) is 0 Å². The summed E-state index contributed by atoms with van der Waals surface area (Å²) in [5, 5.41) is 0. The van der Waals surface area contributed by atoms with E-state index in [1.165, 1.54) is 11.3 Å². The third-order valence-electron chi connectivity index (χ3n) is 5.31. The van der Waals surface area contributed by atoms with Crippen LogP contribution in [0.2, 0.25) is 0 Å². The highest BCUT2D eigenvalue weighted by Crippen LogP contribution is 2.48. The lowest BCUT2D eigenvalue weighted by Gasteiger charge is -2.40. The molecule has 0 unspecified atom stereocenters. The van der Waals surface area contributed by atoms with Crippen molar-refractivity contribution >= 4 is 27.7 Å². The van der Waals surface area contributed by atoms with Crippen LogP contribution in [-0.4, -0.2) is 42.3 Å². The third-order valence-corrected chi connectivity index (χ3v) is 5.80. The van der Waals surface area contributed by atoms with Crippen molar-refractivity contribution in [3.05, 3.63) is 28.2 Å². The first kappa shape index (κ1) is 18.6. The number of rotatable bonds is 1. The first-order valence-electron chi connectivity index (χ1n) is 9.16. The highest BCUT2D eigenvalue weighted by Gasteiger charge is 2.46. The zero-order valence-corrected chi connectivity index (χ0v) is 17.5. The minimum absolute atomic E-state index is 0.141. The van der Waals surface area contributed by atoms with E-state index in [1.807, 2.05) is 25.7 Å². The van der Waals surface area contributed by atoms with E-state index in [0.29, 0.717) is 6.04 Å². The second-order valence-corrected chi connectivity index (χ2v) is 9.55. The maximum Gasteiger partial charge on any atom is 0.410 e. The number of carbonyl (C=O) groups excluding carboxylic acids is 1. The van der Waals surface area contributed by atoms with E-state index in [-0.39, 0.29) is 11.5 Å². The van der Waals surface area contributed by atoms with Crippen molar-refractivity contribution < 1.29 is 9.53 Å². The van der Waals surface area contributed by atoms with Gasteiger partial charge in [-0.2, -0.15) is 0 Å². The van der Waals surface area contributed by atoms with Gasteiger partial charge in [-0.25, -0.2) is 4.79 Å². The molecule has 0 N–H and O–H groups in total. The van der Waals surface area contributed by atoms with Crippen LogP contribution in [0.15, 0.2) is 22.7 Å². The Hall–Kier alpha value is -1.23. The van der Waals surface area contributed by atoms with E-state index in [0.717, 1.165) is 36.9 Å². The Kier molecular flexibility index (Phi) is 4.82. The second-order valence-electron chi connectivity index (χ2n) is 8.63. The summed E-state index contributed by atoms with van der Waals surface area (Å²) >= 11 is 3.64. The SMILES string of the molecule is CC(C)N1CC2(CCN(C(=O)OC(C)(C)C)CC2)c2cc(Br)ccc21. The third kappa shape index (κ3) is 3.67. The largest absolute Gasteiger partial charge is 0.444 e. The molecule has 1 fully saturated rings. The number of anilines is 1. The summed E-state index contributed by atoms with van der Waals surface area (Å²) < 4.78 is 6.68. The zero-order valence-electron chi connectivity index (χ0n) is 15.9. The van der Waals surface area contributed by atoms with Gasteiger partial charge in [0.1, 0.15) is 5.60 Å². The Balaban J connectivity index is 1.79. The van der Waals surface area contributed by atoms with Crippen molar-refractivity contribution in [1.29, 1.82) is 0 Å².